The molecule has 1 aliphatic carbocycles. The Hall–Kier alpha value is -2.05. The summed E-state index contributed by atoms with van der Waals surface area (Å²) in [5, 5.41) is 14.4. The van der Waals surface area contributed by atoms with Crippen molar-refractivity contribution in [2.75, 3.05) is 24.7 Å². The summed E-state index contributed by atoms with van der Waals surface area (Å²) in [6.45, 7) is 2.30. The zero-order valence-corrected chi connectivity index (χ0v) is 20.6. The molecule has 2 fully saturated rings. The summed E-state index contributed by atoms with van der Waals surface area (Å²) in [5.74, 6) is -3.15. The second-order valence-electron chi connectivity index (χ2n) is 10.2. The van der Waals surface area contributed by atoms with E-state index >= 15 is 0 Å². The molecule has 2 aromatic rings. The average Bonchev–Trinajstić information content (AvgIpc) is 3.04. The minimum atomic E-state index is -3.37. The van der Waals surface area contributed by atoms with Crippen LogP contribution in [-0.2, 0) is 15.8 Å². The molecule has 1 saturated heterocycles. The van der Waals surface area contributed by atoms with Crippen LogP contribution in [0.4, 0.5) is 14.7 Å². The number of aromatic nitrogens is 3. The van der Waals surface area contributed by atoms with Crippen LogP contribution in [0.15, 0.2) is 17.1 Å². The van der Waals surface area contributed by atoms with E-state index in [2.05, 4.69) is 15.3 Å². The highest BCUT2D eigenvalue weighted by molar-refractivity contribution is 7.88. The van der Waals surface area contributed by atoms with Gasteiger partial charge in [0.25, 0.3) is 5.56 Å². The molecule has 0 spiro atoms. The molecular weight excluding hydrogens is 466 g/mol. The molecule has 14 heteroatoms. The van der Waals surface area contributed by atoms with E-state index in [9.17, 15) is 27.1 Å². The van der Waals surface area contributed by atoms with Crippen molar-refractivity contribution in [2.45, 2.75) is 61.9 Å². The highest BCUT2D eigenvalue weighted by Crippen LogP contribution is 2.40. The Kier molecular flexibility index (Phi) is 6.09. The summed E-state index contributed by atoms with van der Waals surface area (Å²) < 4.78 is 54.8. The lowest BCUT2D eigenvalue weighted by Gasteiger charge is -2.39. The van der Waals surface area contributed by atoms with Gasteiger partial charge >= 0.3 is 0 Å². The average molecular weight is 495 g/mol. The maximum absolute atomic E-state index is 14.3. The molecule has 2 aliphatic rings. The molecule has 0 bridgehead atoms. The summed E-state index contributed by atoms with van der Waals surface area (Å²) in [7, 11) is -0.660. The molecule has 1 aliphatic heterocycles. The number of alkyl halides is 2. The molecule has 4 rings (SSSR count). The van der Waals surface area contributed by atoms with Crippen LogP contribution < -0.4 is 10.9 Å². The fourth-order valence-corrected chi connectivity index (χ4v) is 5.87. The van der Waals surface area contributed by atoms with Crippen LogP contribution >= 0.6 is 0 Å². The second-order valence-corrected chi connectivity index (χ2v) is 12.2. The number of nitrogens with one attached hydrogen (secondary N) is 1. The van der Waals surface area contributed by atoms with Crippen LogP contribution in [0.25, 0.3) is 11.0 Å². The molecular formula is C20H29B2F2N5O4S. The van der Waals surface area contributed by atoms with Gasteiger partial charge < -0.3 is 10.4 Å². The van der Waals surface area contributed by atoms with Gasteiger partial charge in [-0.05, 0) is 45.1 Å². The zero-order valence-electron chi connectivity index (χ0n) is 19.8. The Morgan fingerprint density at radius 3 is 2.47 bits per heavy atom. The van der Waals surface area contributed by atoms with Gasteiger partial charge in [-0.15, -0.1) is 0 Å². The van der Waals surface area contributed by atoms with Crippen LogP contribution in [0.3, 0.4) is 0 Å². The van der Waals surface area contributed by atoms with Gasteiger partial charge in [-0.3, -0.25) is 9.36 Å². The maximum Gasteiger partial charge on any atom is 0.260 e. The number of piperidine rings is 1. The van der Waals surface area contributed by atoms with Gasteiger partial charge in [0.05, 0.1) is 23.5 Å². The summed E-state index contributed by atoms with van der Waals surface area (Å²) in [4.78, 5) is 22.1. The fraction of sp³-hybridized carbons (Fsp3) is 0.650. The monoisotopic (exact) mass is 495 g/mol. The van der Waals surface area contributed by atoms with Gasteiger partial charge in [0.2, 0.25) is 21.8 Å². The lowest BCUT2D eigenvalue weighted by molar-refractivity contribution is 0.0256. The zero-order chi connectivity index (χ0) is 25.1. The lowest BCUT2D eigenvalue weighted by atomic mass is 9.71. The largest absolute Gasteiger partial charge is 0.388 e. The summed E-state index contributed by atoms with van der Waals surface area (Å²) in [5.41, 5.74) is -3.08. The normalized spacial score (nSPS) is 26.1. The van der Waals surface area contributed by atoms with E-state index in [1.54, 1.807) is 6.92 Å². The van der Waals surface area contributed by atoms with Crippen LogP contribution in [0, 0.1) is 0 Å². The molecule has 2 atom stereocenters. The molecule has 0 aromatic carbocycles. The van der Waals surface area contributed by atoms with E-state index in [1.807, 2.05) is 7.85 Å². The number of rotatable bonds is 5. The molecule has 3 heterocycles. The number of nitrogens with zero attached hydrogens (tertiary/aromatic N) is 4. The van der Waals surface area contributed by atoms with Gasteiger partial charge in [0.15, 0.2) is 7.85 Å². The molecule has 9 nitrogen and oxygen atoms in total. The number of hydrogen-bond acceptors (Lipinski definition) is 7. The van der Waals surface area contributed by atoms with Gasteiger partial charge in [-0.1, -0.05) is 0 Å². The number of anilines is 1. The van der Waals surface area contributed by atoms with Crippen LogP contribution in [0.1, 0.15) is 50.6 Å². The van der Waals surface area contributed by atoms with Crippen molar-refractivity contribution in [3.8, 4) is 0 Å². The first-order valence-corrected chi connectivity index (χ1v) is 13.2. The molecule has 0 amide bonds. The molecule has 2 N–H and O–H groups in total. The van der Waals surface area contributed by atoms with Gasteiger partial charge in [0.1, 0.15) is 13.5 Å². The van der Waals surface area contributed by atoms with E-state index in [0.717, 1.165) is 6.07 Å². The number of sulfonamides is 1. The lowest BCUT2D eigenvalue weighted by Crippen LogP contribution is -2.51. The third kappa shape index (κ3) is 4.72. The number of halogens is 2. The fourth-order valence-electron chi connectivity index (χ4n) is 5.03. The molecule has 2 unspecified atom stereocenters. The first kappa shape index (κ1) is 25.1. The number of aliphatic hydroxyl groups is 1. The Bertz CT molecular complexity index is 1270. The predicted molar refractivity (Wildman–Crippen MR) is 130 cm³/mol. The smallest absolute Gasteiger partial charge is 0.260 e. The highest BCUT2D eigenvalue weighted by atomic mass is 32.2. The third-order valence-electron chi connectivity index (χ3n) is 7.14. The highest BCUT2D eigenvalue weighted by Gasteiger charge is 2.41. The van der Waals surface area contributed by atoms with Gasteiger partial charge in [-0.25, -0.2) is 26.5 Å². The summed E-state index contributed by atoms with van der Waals surface area (Å²) in [6, 6.07) is 0.426. The van der Waals surface area contributed by atoms with Crippen molar-refractivity contribution in [2.24, 2.45) is 0 Å². The van der Waals surface area contributed by atoms with Crippen molar-refractivity contribution in [1.82, 2.24) is 18.8 Å². The predicted octanol–water partition coefficient (Wildman–Crippen LogP) is -0.253. The first-order valence-electron chi connectivity index (χ1n) is 11.4. The summed E-state index contributed by atoms with van der Waals surface area (Å²) >= 11 is 0. The molecule has 2 aromatic heterocycles. The Balaban J connectivity index is 1.76. The minimum absolute atomic E-state index is 0.180. The molecule has 184 valence electrons. The molecule has 34 heavy (non-hydrogen) atoms. The number of fused-ring (bicyclic) bond motifs is 1. The van der Waals surface area contributed by atoms with Crippen molar-refractivity contribution >= 4 is 42.7 Å². The Labute approximate surface area is 198 Å². The second kappa shape index (κ2) is 8.27. The number of pyridine rings is 1. The van der Waals surface area contributed by atoms with Gasteiger partial charge in [0, 0.05) is 30.1 Å². The van der Waals surface area contributed by atoms with E-state index in [4.69, 9.17) is 0 Å². The molecule has 0 radical (unpaired) electrons. The SMILES string of the molecule is BC1(Nc2ncc3cc(C(B)(F)F)c(=O)n(C4CCCC4(C)O)c3n2)CCN(S(C)(=O)=O)CC1. The quantitative estimate of drug-likeness (QED) is 0.550. The van der Waals surface area contributed by atoms with E-state index in [1.165, 1.54) is 21.3 Å². The van der Waals surface area contributed by atoms with Crippen LogP contribution in [-0.4, -0.2) is 78.4 Å². The van der Waals surface area contributed by atoms with E-state index in [0.29, 0.717) is 53.0 Å². The number of hydrogen-bond donors (Lipinski definition) is 2. The van der Waals surface area contributed by atoms with Crippen LogP contribution in [0.5, 0.6) is 0 Å². The van der Waals surface area contributed by atoms with E-state index < -0.39 is 44.0 Å². The van der Waals surface area contributed by atoms with Crippen molar-refractivity contribution < 1.29 is 22.3 Å². The van der Waals surface area contributed by atoms with Crippen molar-refractivity contribution in [3.05, 3.63) is 28.2 Å². The Morgan fingerprint density at radius 1 is 1.29 bits per heavy atom. The van der Waals surface area contributed by atoms with Crippen molar-refractivity contribution in [3.63, 3.8) is 0 Å². The first-order chi connectivity index (χ1) is 15.6. The minimum Gasteiger partial charge on any atom is -0.388 e. The maximum atomic E-state index is 14.3. The standard InChI is InChI=1S/C20H29B2F2N5O4S/c1-18(31)5-3-4-14(18)29-15-12(10-13(16(29)30)20(22,23)24)11-25-17(26-15)27-19(21)6-8-28(9-7-19)34(2,32)33/h10-11,14,31H,3-9,21-22H2,1-2H3,(H,25,26,27). The van der Waals surface area contributed by atoms with Crippen molar-refractivity contribution in [1.29, 1.82) is 0 Å². The summed E-state index contributed by atoms with van der Waals surface area (Å²) in [6.07, 6.45) is 5.19. The Morgan fingerprint density at radius 2 is 1.94 bits per heavy atom. The van der Waals surface area contributed by atoms with Gasteiger partial charge in [-0.2, -0.15) is 4.98 Å². The van der Waals surface area contributed by atoms with E-state index in [-0.39, 0.29) is 17.0 Å². The van der Waals surface area contributed by atoms with Crippen LogP contribution in [0.2, 0.25) is 0 Å². The topological polar surface area (TPSA) is 117 Å². The molecule has 1 saturated carbocycles. The third-order valence-corrected chi connectivity index (χ3v) is 8.45.